The fourth-order valence-electron chi connectivity index (χ4n) is 1.34. The summed E-state index contributed by atoms with van der Waals surface area (Å²) in [6, 6.07) is 0.122. The number of nitrogens with one attached hydrogen (secondary N) is 2. The van der Waals surface area contributed by atoms with Crippen molar-refractivity contribution in [3.63, 3.8) is 0 Å². The van der Waals surface area contributed by atoms with Crippen molar-refractivity contribution in [2.75, 3.05) is 18.1 Å². The monoisotopic (exact) mass is 256 g/mol. The van der Waals surface area contributed by atoms with Gasteiger partial charge in [0.25, 0.3) is 11.8 Å². The van der Waals surface area contributed by atoms with Gasteiger partial charge in [-0.15, -0.1) is 11.3 Å². The third kappa shape index (κ3) is 2.68. The molecule has 0 atom stereocenters. The molecule has 0 saturated heterocycles. The highest BCUT2D eigenvalue weighted by molar-refractivity contribution is 7.19. The van der Waals surface area contributed by atoms with E-state index >= 15 is 0 Å². The molecule has 6 nitrogen and oxygen atoms in total. The summed E-state index contributed by atoms with van der Waals surface area (Å²) in [6.07, 6.45) is 0. The van der Waals surface area contributed by atoms with Crippen LogP contribution in [0.2, 0.25) is 0 Å². The summed E-state index contributed by atoms with van der Waals surface area (Å²) >= 11 is 1.09. The molecule has 6 N–H and O–H groups in total. The molecule has 0 radical (unpaired) electrons. The first kappa shape index (κ1) is 13.3. The van der Waals surface area contributed by atoms with E-state index in [0.29, 0.717) is 5.00 Å². The summed E-state index contributed by atoms with van der Waals surface area (Å²) in [7, 11) is 1.50. The second kappa shape index (κ2) is 5.05. The van der Waals surface area contributed by atoms with Crippen LogP contribution in [0.1, 0.15) is 33.9 Å². The molecule has 1 aromatic heterocycles. The van der Waals surface area contributed by atoms with Crippen LogP contribution in [-0.4, -0.2) is 24.9 Å². The highest BCUT2D eigenvalue weighted by Crippen LogP contribution is 2.35. The lowest BCUT2D eigenvalue weighted by atomic mass is 10.2. The topological polar surface area (TPSA) is 110 Å². The lowest BCUT2D eigenvalue weighted by molar-refractivity contribution is 0.0965. The minimum atomic E-state index is -0.630. The molecule has 0 saturated carbocycles. The van der Waals surface area contributed by atoms with Crippen LogP contribution < -0.4 is 22.1 Å². The number of amides is 2. The SMILES string of the molecule is CNC(=O)c1c(NC(C)C)sc(C(N)=O)c1N. The van der Waals surface area contributed by atoms with Crippen LogP contribution in [0.3, 0.4) is 0 Å². The third-order valence-electron chi connectivity index (χ3n) is 2.04. The fraction of sp³-hybridized carbons (Fsp3) is 0.400. The van der Waals surface area contributed by atoms with E-state index < -0.39 is 5.91 Å². The number of nitrogens with two attached hydrogens (primary N) is 2. The van der Waals surface area contributed by atoms with E-state index in [0.717, 1.165) is 11.3 Å². The van der Waals surface area contributed by atoms with Gasteiger partial charge in [0.1, 0.15) is 9.88 Å². The van der Waals surface area contributed by atoms with Crippen molar-refractivity contribution in [3.05, 3.63) is 10.4 Å². The molecule has 0 spiro atoms. The Balaban J connectivity index is 3.31. The largest absolute Gasteiger partial charge is 0.397 e. The fourth-order valence-corrected chi connectivity index (χ4v) is 2.46. The highest BCUT2D eigenvalue weighted by atomic mass is 32.1. The van der Waals surface area contributed by atoms with Gasteiger partial charge in [0.15, 0.2) is 0 Å². The molecule has 0 aliphatic heterocycles. The molecule has 0 aliphatic rings. The summed E-state index contributed by atoms with van der Waals surface area (Å²) in [5.74, 6) is -0.969. The van der Waals surface area contributed by atoms with E-state index in [9.17, 15) is 9.59 Å². The summed E-state index contributed by atoms with van der Waals surface area (Å²) in [4.78, 5) is 23.1. The smallest absolute Gasteiger partial charge is 0.260 e. The van der Waals surface area contributed by atoms with Crippen LogP contribution in [0.5, 0.6) is 0 Å². The lowest BCUT2D eigenvalue weighted by Gasteiger charge is -2.09. The van der Waals surface area contributed by atoms with Gasteiger partial charge in [-0.1, -0.05) is 0 Å². The van der Waals surface area contributed by atoms with Crippen molar-refractivity contribution in [3.8, 4) is 0 Å². The number of thiophene rings is 1. The first-order valence-electron chi connectivity index (χ1n) is 5.09. The van der Waals surface area contributed by atoms with Gasteiger partial charge >= 0.3 is 0 Å². The highest BCUT2D eigenvalue weighted by Gasteiger charge is 2.24. The van der Waals surface area contributed by atoms with Crippen molar-refractivity contribution in [2.45, 2.75) is 19.9 Å². The van der Waals surface area contributed by atoms with Crippen molar-refractivity contribution in [1.82, 2.24) is 5.32 Å². The Morgan fingerprint density at radius 3 is 2.35 bits per heavy atom. The van der Waals surface area contributed by atoms with Gasteiger partial charge in [0.05, 0.1) is 11.3 Å². The Morgan fingerprint density at radius 2 is 1.94 bits per heavy atom. The number of hydrogen-bond donors (Lipinski definition) is 4. The van der Waals surface area contributed by atoms with Crippen LogP contribution in [0, 0.1) is 0 Å². The second-order valence-corrected chi connectivity index (χ2v) is 4.81. The van der Waals surface area contributed by atoms with Crippen LogP contribution in [0.15, 0.2) is 0 Å². The Hall–Kier alpha value is -1.76. The van der Waals surface area contributed by atoms with Gasteiger partial charge in [-0.2, -0.15) is 0 Å². The minimum absolute atomic E-state index is 0.122. The average Bonchev–Trinajstić information content (AvgIpc) is 2.54. The summed E-state index contributed by atoms with van der Waals surface area (Å²) in [5, 5.41) is 6.12. The number of primary amides is 1. The van der Waals surface area contributed by atoms with Gasteiger partial charge in [-0.25, -0.2) is 0 Å². The summed E-state index contributed by atoms with van der Waals surface area (Å²) in [6.45, 7) is 3.85. The van der Waals surface area contributed by atoms with Gasteiger partial charge in [-0.3, -0.25) is 9.59 Å². The lowest BCUT2D eigenvalue weighted by Crippen LogP contribution is -2.21. The second-order valence-electron chi connectivity index (χ2n) is 3.79. The number of carbonyl (C=O) groups excluding carboxylic acids is 2. The Bertz CT molecular complexity index is 453. The van der Waals surface area contributed by atoms with Gasteiger partial charge in [-0.05, 0) is 13.8 Å². The molecular formula is C10H16N4O2S. The zero-order valence-electron chi connectivity index (χ0n) is 9.96. The van der Waals surface area contributed by atoms with Gasteiger partial charge in [0, 0.05) is 13.1 Å². The van der Waals surface area contributed by atoms with Crippen molar-refractivity contribution in [2.24, 2.45) is 5.73 Å². The quantitative estimate of drug-likeness (QED) is 0.632. The van der Waals surface area contributed by atoms with Crippen LogP contribution in [0.25, 0.3) is 0 Å². The first-order valence-corrected chi connectivity index (χ1v) is 5.90. The molecule has 17 heavy (non-hydrogen) atoms. The van der Waals surface area contributed by atoms with Crippen molar-refractivity contribution < 1.29 is 9.59 Å². The standard InChI is InChI=1S/C10H16N4O2S/c1-4(2)14-10-5(9(16)13-3)6(11)7(17-10)8(12)15/h4,14H,11H2,1-3H3,(H2,12,15)(H,13,16). The van der Waals surface area contributed by atoms with Crippen LogP contribution in [-0.2, 0) is 0 Å². The van der Waals surface area contributed by atoms with E-state index in [2.05, 4.69) is 10.6 Å². The molecular weight excluding hydrogens is 240 g/mol. The maximum Gasteiger partial charge on any atom is 0.260 e. The first-order chi connectivity index (χ1) is 7.88. The maximum absolute atomic E-state index is 11.7. The van der Waals surface area contributed by atoms with E-state index in [1.807, 2.05) is 13.8 Å². The zero-order chi connectivity index (χ0) is 13.2. The van der Waals surface area contributed by atoms with E-state index in [1.54, 1.807) is 0 Å². The predicted molar refractivity (Wildman–Crippen MR) is 69.4 cm³/mol. The molecule has 94 valence electrons. The predicted octanol–water partition coefficient (Wildman–Crippen LogP) is 0.609. The number of hydrogen-bond acceptors (Lipinski definition) is 5. The minimum Gasteiger partial charge on any atom is -0.397 e. The Morgan fingerprint density at radius 1 is 1.35 bits per heavy atom. The molecule has 7 heteroatoms. The van der Waals surface area contributed by atoms with Crippen LogP contribution in [0.4, 0.5) is 10.7 Å². The zero-order valence-corrected chi connectivity index (χ0v) is 10.8. The summed E-state index contributed by atoms with van der Waals surface area (Å²) in [5.41, 5.74) is 11.4. The number of nitrogen functional groups attached to an aromatic ring is 1. The molecule has 0 bridgehead atoms. The Kier molecular flexibility index (Phi) is 3.95. The molecule has 1 heterocycles. The molecule has 0 fully saturated rings. The molecule has 0 unspecified atom stereocenters. The van der Waals surface area contributed by atoms with E-state index in [1.165, 1.54) is 7.05 Å². The average molecular weight is 256 g/mol. The normalized spacial score (nSPS) is 10.4. The molecule has 2 amide bonds. The number of carbonyl (C=O) groups is 2. The number of anilines is 2. The van der Waals surface area contributed by atoms with Gasteiger partial charge < -0.3 is 22.1 Å². The van der Waals surface area contributed by atoms with E-state index in [-0.39, 0.29) is 28.1 Å². The molecule has 0 aromatic carbocycles. The van der Waals surface area contributed by atoms with Crippen molar-refractivity contribution >= 4 is 33.8 Å². The van der Waals surface area contributed by atoms with Crippen LogP contribution >= 0.6 is 11.3 Å². The molecule has 1 rings (SSSR count). The van der Waals surface area contributed by atoms with E-state index in [4.69, 9.17) is 11.5 Å². The molecule has 1 aromatic rings. The third-order valence-corrected chi connectivity index (χ3v) is 3.19. The van der Waals surface area contributed by atoms with Gasteiger partial charge in [0.2, 0.25) is 0 Å². The maximum atomic E-state index is 11.7. The summed E-state index contributed by atoms with van der Waals surface area (Å²) < 4.78 is 0. The number of rotatable bonds is 4. The Labute approximate surface area is 103 Å². The molecule has 0 aliphatic carbocycles. The van der Waals surface area contributed by atoms with Crippen molar-refractivity contribution in [1.29, 1.82) is 0 Å².